The molecule has 2 aliphatic rings. The number of nitrogens with zero attached hydrogens (tertiary/aromatic N) is 2. The van der Waals surface area contributed by atoms with Crippen LogP contribution in [0.4, 0.5) is 10.5 Å². The number of benzene rings is 1. The minimum Gasteiger partial charge on any atom is -0.352 e. The maximum Gasteiger partial charge on any atom is 0.321 e. The van der Waals surface area contributed by atoms with Crippen LogP contribution in [0.5, 0.6) is 0 Å². The molecule has 4 rings (SSSR count). The summed E-state index contributed by atoms with van der Waals surface area (Å²) in [6, 6.07) is 11.7. The Morgan fingerprint density at radius 3 is 2.82 bits per heavy atom. The number of pyridine rings is 1. The van der Waals surface area contributed by atoms with Crippen molar-refractivity contribution < 1.29 is 9.59 Å². The van der Waals surface area contributed by atoms with Crippen molar-refractivity contribution in [1.29, 1.82) is 0 Å². The Morgan fingerprint density at radius 2 is 2.04 bits per heavy atom. The number of likely N-dealkylation sites (tertiary alicyclic amines) is 1. The summed E-state index contributed by atoms with van der Waals surface area (Å²) in [4.78, 5) is 31.0. The van der Waals surface area contributed by atoms with Crippen LogP contribution in [0.3, 0.4) is 0 Å². The minimum absolute atomic E-state index is 0.00977. The highest BCUT2D eigenvalue weighted by molar-refractivity contribution is 5.90. The van der Waals surface area contributed by atoms with Gasteiger partial charge in [-0.1, -0.05) is 19.1 Å². The average molecular weight is 378 g/mol. The van der Waals surface area contributed by atoms with Gasteiger partial charge in [-0.05, 0) is 54.7 Å². The molecule has 3 amide bonds. The molecule has 2 fully saturated rings. The number of urea groups is 1. The molecule has 0 unspecified atom stereocenters. The van der Waals surface area contributed by atoms with Crippen molar-refractivity contribution in [2.24, 2.45) is 11.3 Å². The van der Waals surface area contributed by atoms with Crippen LogP contribution in [-0.4, -0.2) is 34.9 Å². The number of carbonyl (C=O) groups is 2. The smallest absolute Gasteiger partial charge is 0.321 e. The summed E-state index contributed by atoms with van der Waals surface area (Å²) in [7, 11) is 0. The molecule has 28 heavy (non-hydrogen) atoms. The summed E-state index contributed by atoms with van der Waals surface area (Å²) in [5, 5.41) is 6.02. The molecule has 1 saturated heterocycles. The fraction of sp³-hybridized carbons (Fsp3) is 0.409. The van der Waals surface area contributed by atoms with Crippen LogP contribution in [0.15, 0.2) is 48.8 Å². The van der Waals surface area contributed by atoms with E-state index in [1.807, 2.05) is 35.2 Å². The fourth-order valence-corrected chi connectivity index (χ4v) is 4.12. The lowest BCUT2D eigenvalue weighted by Crippen LogP contribution is -2.34. The van der Waals surface area contributed by atoms with Crippen LogP contribution < -0.4 is 10.6 Å². The van der Waals surface area contributed by atoms with Crippen LogP contribution in [-0.2, 0) is 17.8 Å². The molecule has 146 valence electrons. The molecule has 1 spiro atoms. The van der Waals surface area contributed by atoms with Crippen molar-refractivity contribution in [3.8, 4) is 0 Å². The van der Waals surface area contributed by atoms with Crippen molar-refractivity contribution in [2.75, 3.05) is 18.4 Å². The molecule has 2 aromatic rings. The average Bonchev–Trinajstić information content (AvgIpc) is 3.26. The standard InChI is InChI=1S/C22H26N4O2/c1-2-16-4-3-5-18(12-16)25-21(28)26-11-8-22(15-26)13-19(22)20(27)24-14-17-6-9-23-10-7-17/h3-7,9-10,12,19H,2,8,11,13-15H2,1H3,(H,24,27)(H,25,28)/t19-,22+/m0/s1. The molecule has 2 N–H and O–H groups in total. The first kappa shape index (κ1) is 18.5. The number of aromatic nitrogens is 1. The molecule has 1 aromatic heterocycles. The Hall–Kier alpha value is -2.89. The van der Waals surface area contributed by atoms with Gasteiger partial charge >= 0.3 is 6.03 Å². The number of hydrogen-bond donors (Lipinski definition) is 2. The molecule has 6 heteroatoms. The molecule has 6 nitrogen and oxygen atoms in total. The lowest BCUT2D eigenvalue weighted by Gasteiger charge is -2.18. The number of aryl methyl sites for hydroxylation is 1. The van der Waals surface area contributed by atoms with Crippen LogP contribution in [0, 0.1) is 11.3 Å². The van der Waals surface area contributed by atoms with Crippen molar-refractivity contribution in [3.63, 3.8) is 0 Å². The van der Waals surface area contributed by atoms with Gasteiger partial charge in [0.05, 0.1) is 0 Å². The van der Waals surface area contributed by atoms with Gasteiger partial charge < -0.3 is 15.5 Å². The lowest BCUT2D eigenvalue weighted by atomic mass is 10.0. The second kappa shape index (κ2) is 7.62. The Kier molecular flexibility index (Phi) is 5.03. The van der Waals surface area contributed by atoms with Gasteiger partial charge in [-0.15, -0.1) is 0 Å². The van der Waals surface area contributed by atoms with Gasteiger partial charge in [0.1, 0.15) is 0 Å². The van der Waals surface area contributed by atoms with Gasteiger partial charge in [0, 0.05) is 49.0 Å². The number of anilines is 1. The first-order valence-electron chi connectivity index (χ1n) is 9.91. The Morgan fingerprint density at radius 1 is 1.21 bits per heavy atom. The Labute approximate surface area is 165 Å². The van der Waals surface area contributed by atoms with E-state index in [-0.39, 0.29) is 23.3 Å². The molecule has 2 heterocycles. The Balaban J connectivity index is 1.29. The van der Waals surface area contributed by atoms with Gasteiger partial charge in [-0.2, -0.15) is 0 Å². The summed E-state index contributed by atoms with van der Waals surface area (Å²) in [6.07, 6.45) is 6.15. The van der Waals surface area contributed by atoms with E-state index in [1.165, 1.54) is 5.56 Å². The number of hydrogen-bond acceptors (Lipinski definition) is 3. The molecule has 0 bridgehead atoms. The van der Waals surface area contributed by atoms with Crippen LogP contribution >= 0.6 is 0 Å². The fourth-order valence-electron chi connectivity index (χ4n) is 4.12. The van der Waals surface area contributed by atoms with E-state index in [2.05, 4.69) is 28.6 Å². The second-order valence-corrected chi connectivity index (χ2v) is 7.85. The highest BCUT2D eigenvalue weighted by Gasteiger charge is 2.61. The first-order valence-corrected chi connectivity index (χ1v) is 9.91. The maximum atomic E-state index is 12.6. The zero-order valence-corrected chi connectivity index (χ0v) is 16.1. The van der Waals surface area contributed by atoms with Crippen molar-refractivity contribution in [3.05, 3.63) is 59.9 Å². The monoisotopic (exact) mass is 378 g/mol. The van der Waals surface area contributed by atoms with E-state index < -0.39 is 0 Å². The largest absolute Gasteiger partial charge is 0.352 e. The van der Waals surface area contributed by atoms with E-state index in [4.69, 9.17) is 0 Å². The molecule has 1 saturated carbocycles. The summed E-state index contributed by atoms with van der Waals surface area (Å²) in [5.74, 6) is 0.102. The molecular weight excluding hydrogens is 352 g/mol. The first-order chi connectivity index (χ1) is 13.6. The number of amides is 3. The predicted octanol–water partition coefficient (Wildman–Crippen LogP) is 3.20. The normalized spacial score (nSPS) is 22.9. The Bertz CT molecular complexity index is 870. The third kappa shape index (κ3) is 3.86. The third-order valence-corrected chi connectivity index (χ3v) is 5.98. The van der Waals surface area contributed by atoms with Gasteiger partial charge in [0.2, 0.25) is 5.91 Å². The summed E-state index contributed by atoms with van der Waals surface area (Å²) in [6.45, 7) is 3.97. The molecule has 0 radical (unpaired) electrons. The number of rotatable bonds is 5. The van der Waals surface area contributed by atoms with Crippen molar-refractivity contribution >= 4 is 17.6 Å². The SMILES string of the molecule is CCc1cccc(NC(=O)N2CC[C@@]3(C[C@H]3C(=O)NCc3ccncc3)C2)c1. The van der Waals surface area contributed by atoms with Gasteiger partial charge in [-0.3, -0.25) is 9.78 Å². The van der Waals surface area contributed by atoms with Gasteiger partial charge in [0.25, 0.3) is 0 Å². The predicted molar refractivity (Wildman–Crippen MR) is 108 cm³/mol. The van der Waals surface area contributed by atoms with E-state index in [9.17, 15) is 9.59 Å². The molecule has 1 aliphatic carbocycles. The van der Waals surface area contributed by atoms with Crippen LogP contribution in [0.1, 0.15) is 30.9 Å². The maximum absolute atomic E-state index is 12.6. The summed E-state index contributed by atoms with van der Waals surface area (Å²) < 4.78 is 0. The topological polar surface area (TPSA) is 74.3 Å². The number of carbonyl (C=O) groups excluding carboxylic acids is 2. The molecule has 1 aliphatic heterocycles. The van der Waals surface area contributed by atoms with E-state index in [0.29, 0.717) is 19.6 Å². The van der Waals surface area contributed by atoms with Crippen molar-refractivity contribution in [1.82, 2.24) is 15.2 Å². The zero-order valence-electron chi connectivity index (χ0n) is 16.1. The minimum atomic E-state index is -0.0760. The highest BCUT2D eigenvalue weighted by Crippen LogP contribution is 2.58. The van der Waals surface area contributed by atoms with Crippen molar-refractivity contribution in [2.45, 2.75) is 32.7 Å². The van der Waals surface area contributed by atoms with Gasteiger partial charge in [-0.25, -0.2) is 4.79 Å². The number of nitrogens with one attached hydrogen (secondary N) is 2. The molecule has 2 atom stereocenters. The molecular formula is C22H26N4O2. The van der Waals surface area contributed by atoms with Crippen LogP contribution in [0.25, 0.3) is 0 Å². The lowest BCUT2D eigenvalue weighted by molar-refractivity contribution is -0.123. The molecule has 1 aromatic carbocycles. The van der Waals surface area contributed by atoms with E-state index >= 15 is 0 Å². The van der Waals surface area contributed by atoms with Gasteiger partial charge in [0.15, 0.2) is 0 Å². The summed E-state index contributed by atoms with van der Waals surface area (Å²) >= 11 is 0. The quantitative estimate of drug-likeness (QED) is 0.839. The van der Waals surface area contributed by atoms with Crippen LogP contribution in [0.2, 0.25) is 0 Å². The summed E-state index contributed by atoms with van der Waals surface area (Å²) in [5.41, 5.74) is 3.03. The van der Waals surface area contributed by atoms with E-state index in [1.54, 1.807) is 12.4 Å². The van der Waals surface area contributed by atoms with E-state index in [0.717, 1.165) is 30.5 Å². The second-order valence-electron chi connectivity index (χ2n) is 7.85. The zero-order chi connectivity index (χ0) is 19.6. The third-order valence-electron chi connectivity index (χ3n) is 5.98. The highest BCUT2D eigenvalue weighted by atomic mass is 16.2.